The molecule has 0 spiro atoms. The van der Waals surface area contributed by atoms with Gasteiger partial charge in [0.25, 0.3) is 0 Å². The van der Waals surface area contributed by atoms with E-state index in [0.717, 1.165) is 12.0 Å². The van der Waals surface area contributed by atoms with Gasteiger partial charge in [0.05, 0.1) is 25.3 Å². The van der Waals surface area contributed by atoms with Crippen LogP contribution in [0.3, 0.4) is 0 Å². The van der Waals surface area contributed by atoms with Gasteiger partial charge in [-0.15, -0.1) is 0 Å². The van der Waals surface area contributed by atoms with Crippen LogP contribution in [0.15, 0.2) is 18.3 Å². The van der Waals surface area contributed by atoms with E-state index in [4.69, 9.17) is 5.11 Å². The molecule has 1 saturated carbocycles. The predicted molar refractivity (Wildman–Crippen MR) is 53.0 cm³/mol. The topological polar surface area (TPSA) is 59.4 Å². The predicted octanol–water partition coefficient (Wildman–Crippen LogP) is 0.850. The molecule has 0 aliphatic heterocycles. The van der Waals surface area contributed by atoms with Crippen LogP contribution in [-0.2, 0) is 16.1 Å². The van der Waals surface area contributed by atoms with Gasteiger partial charge < -0.3 is 9.84 Å². The van der Waals surface area contributed by atoms with Gasteiger partial charge in [0.15, 0.2) is 0 Å². The Morgan fingerprint density at radius 1 is 1.67 bits per heavy atom. The summed E-state index contributed by atoms with van der Waals surface area (Å²) in [7, 11) is 1.41. The van der Waals surface area contributed by atoms with E-state index in [1.54, 1.807) is 12.3 Å². The van der Waals surface area contributed by atoms with Crippen molar-refractivity contribution >= 4 is 5.97 Å². The standard InChI is InChI=1S/C11H13NO3/c1-15-11(14)10-4-9(10)7-2-3-8(6-13)12-5-7/h2-3,5,9-10,13H,4,6H2,1H3. The number of rotatable bonds is 3. The monoisotopic (exact) mass is 207 g/mol. The van der Waals surface area contributed by atoms with Crippen molar-refractivity contribution in [2.45, 2.75) is 18.9 Å². The largest absolute Gasteiger partial charge is 0.469 e. The molecule has 2 atom stereocenters. The van der Waals surface area contributed by atoms with E-state index in [2.05, 4.69) is 9.72 Å². The van der Waals surface area contributed by atoms with E-state index in [0.29, 0.717) is 5.69 Å². The van der Waals surface area contributed by atoms with Gasteiger partial charge in [-0.25, -0.2) is 0 Å². The van der Waals surface area contributed by atoms with Crippen molar-refractivity contribution < 1.29 is 14.6 Å². The molecule has 1 fully saturated rings. The molecule has 1 aromatic heterocycles. The van der Waals surface area contributed by atoms with Crippen molar-refractivity contribution in [2.75, 3.05) is 7.11 Å². The maximum absolute atomic E-state index is 11.2. The third kappa shape index (κ3) is 1.99. The quantitative estimate of drug-likeness (QED) is 0.746. The first-order valence-electron chi connectivity index (χ1n) is 4.89. The Balaban J connectivity index is 2.04. The number of carbonyl (C=O) groups excluding carboxylic acids is 1. The summed E-state index contributed by atoms with van der Waals surface area (Å²) >= 11 is 0. The average molecular weight is 207 g/mol. The van der Waals surface area contributed by atoms with Crippen molar-refractivity contribution in [3.05, 3.63) is 29.6 Å². The lowest BCUT2D eigenvalue weighted by atomic mass is 10.1. The van der Waals surface area contributed by atoms with Gasteiger partial charge in [-0.2, -0.15) is 0 Å². The van der Waals surface area contributed by atoms with E-state index >= 15 is 0 Å². The Hall–Kier alpha value is -1.42. The number of hydrogen-bond acceptors (Lipinski definition) is 4. The Morgan fingerprint density at radius 3 is 3.00 bits per heavy atom. The molecule has 1 heterocycles. The SMILES string of the molecule is COC(=O)C1CC1c1ccc(CO)nc1. The smallest absolute Gasteiger partial charge is 0.309 e. The Kier molecular flexibility index (Phi) is 2.68. The molecule has 0 bridgehead atoms. The lowest BCUT2D eigenvalue weighted by molar-refractivity contribution is -0.142. The van der Waals surface area contributed by atoms with Gasteiger partial charge >= 0.3 is 5.97 Å². The second-order valence-electron chi connectivity index (χ2n) is 3.71. The molecule has 2 unspecified atom stereocenters. The summed E-state index contributed by atoms with van der Waals surface area (Å²) in [6.45, 7) is -0.0502. The minimum Gasteiger partial charge on any atom is -0.469 e. The zero-order valence-electron chi connectivity index (χ0n) is 8.51. The number of nitrogens with zero attached hydrogens (tertiary/aromatic N) is 1. The molecular formula is C11H13NO3. The van der Waals surface area contributed by atoms with E-state index in [1.165, 1.54) is 7.11 Å². The zero-order valence-corrected chi connectivity index (χ0v) is 8.51. The van der Waals surface area contributed by atoms with E-state index in [1.807, 2.05) is 6.07 Å². The summed E-state index contributed by atoms with van der Waals surface area (Å²) in [5.74, 6) is 0.0979. The van der Waals surface area contributed by atoms with Crippen LogP contribution in [0.2, 0.25) is 0 Å². The van der Waals surface area contributed by atoms with Crippen LogP contribution >= 0.6 is 0 Å². The summed E-state index contributed by atoms with van der Waals surface area (Å²) in [6, 6.07) is 3.69. The van der Waals surface area contributed by atoms with Crippen LogP contribution in [0.25, 0.3) is 0 Å². The molecule has 1 N–H and O–H groups in total. The lowest BCUT2D eigenvalue weighted by Crippen LogP contribution is -2.04. The Labute approximate surface area is 87.9 Å². The summed E-state index contributed by atoms with van der Waals surface area (Å²) in [5, 5.41) is 8.82. The van der Waals surface area contributed by atoms with Crippen LogP contribution in [0.4, 0.5) is 0 Å². The number of aliphatic hydroxyl groups is 1. The number of esters is 1. The van der Waals surface area contributed by atoms with Crippen LogP contribution in [0.1, 0.15) is 23.6 Å². The molecule has 2 rings (SSSR count). The normalized spacial score (nSPS) is 23.6. The second kappa shape index (κ2) is 3.98. The molecule has 80 valence electrons. The molecule has 0 radical (unpaired) electrons. The minimum absolute atomic E-state index is 0.00298. The molecule has 4 heteroatoms. The maximum atomic E-state index is 11.2. The zero-order chi connectivity index (χ0) is 10.8. The first-order chi connectivity index (χ1) is 7.26. The fourth-order valence-electron chi connectivity index (χ4n) is 1.72. The van der Waals surface area contributed by atoms with E-state index in [9.17, 15) is 4.79 Å². The fraction of sp³-hybridized carbons (Fsp3) is 0.455. The Morgan fingerprint density at radius 2 is 2.47 bits per heavy atom. The molecule has 1 aromatic rings. The van der Waals surface area contributed by atoms with Crippen LogP contribution in [0, 0.1) is 5.92 Å². The highest BCUT2D eigenvalue weighted by atomic mass is 16.5. The first kappa shape index (κ1) is 10.1. The van der Waals surface area contributed by atoms with Gasteiger partial charge in [0, 0.05) is 6.20 Å². The first-order valence-corrected chi connectivity index (χ1v) is 4.89. The highest BCUT2D eigenvalue weighted by Gasteiger charge is 2.44. The average Bonchev–Trinajstić information content (AvgIpc) is 3.08. The molecule has 4 nitrogen and oxygen atoms in total. The number of pyridine rings is 1. The van der Waals surface area contributed by atoms with Crippen molar-refractivity contribution in [3.63, 3.8) is 0 Å². The maximum Gasteiger partial charge on any atom is 0.309 e. The molecule has 0 saturated heterocycles. The number of carbonyl (C=O) groups is 1. The summed E-state index contributed by atoms with van der Waals surface area (Å²) < 4.78 is 4.67. The summed E-state index contributed by atoms with van der Waals surface area (Å²) in [4.78, 5) is 15.3. The minimum atomic E-state index is -0.147. The van der Waals surface area contributed by atoms with Gasteiger partial charge in [-0.3, -0.25) is 9.78 Å². The fourth-order valence-corrected chi connectivity index (χ4v) is 1.72. The Bertz CT molecular complexity index is 361. The molecule has 0 aromatic carbocycles. The van der Waals surface area contributed by atoms with Gasteiger partial charge in [0.2, 0.25) is 0 Å². The van der Waals surface area contributed by atoms with Crippen molar-refractivity contribution in [2.24, 2.45) is 5.92 Å². The van der Waals surface area contributed by atoms with Crippen LogP contribution < -0.4 is 0 Å². The van der Waals surface area contributed by atoms with Gasteiger partial charge in [-0.1, -0.05) is 6.07 Å². The van der Waals surface area contributed by atoms with E-state index < -0.39 is 0 Å². The number of methoxy groups -OCH3 is 1. The molecule has 15 heavy (non-hydrogen) atoms. The van der Waals surface area contributed by atoms with Crippen molar-refractivity contribution in [1.82, 2.24) is 4.98 Å². The highest BCUT2D eigenvalue weighted by molar-refractivity contribution is 5.77. The number of ether oxygens (including phenoxy) is 1. The van der Waals surface area contributed by atoms with Gasteiger partial charge in [-0.05, 0) is 24.0 Å². The third-order valence-electron chi connectivity index (χ3n) is 2.73. The lowest BCUT2D eigenvalue weighted by Gasteiger charge is -2.00. The molecular weight excluding hydrogens is 194 g/mol. The second-order valence-corrected chi connectivity index (χ2v) is 3.71. The highest BCUT2D eigenvalue weighted by Crippen LogP contribution is 2.47. The molecule has 0 amide bonds. The summed E-state index contributed by atoms with van der Waals surface area (Å²) in [5.41, 5.74) is 1.69. The molecule has 1 aliphatic carbocycles. The van der Waals surface area contributed by atoms with E-state index in [-0.39, 0.29) is 24.4 Å². The van der Waals surface area contributed by atoms with Gasteiger partial charge in [0.1, 0.15) is 0 Å². The number of hydrogen-bond donors (Lipinski definition) is 1. The van der Waals surface area contributed by atoms with Crippen molar-refractivity contribution in [1.29, 1.82) is 0 Å². The molecule has 1 aliphatic rings. The number of aromatic nitrogens is 1. The van der Waals surface area contributed by atoms with Crippen LogP contribution in [-0.4, -0.2) is 23.2 Å². The third-order valence-corrected chi connectivity index (χ3v) is 2.73. The number of aliphatic hydroxyl groups excluding tert-OH is 1. The summed E-state index contributed by atoms with van der Waals surface area (Å²) in [6.07, 6.45) is 2.56. The van der Waals surface area contributed by atoms with Crippen LogP contribution in [0.5, 0.6) is 0 Å². The van der Waals surface area contributed by atoms with Crippen molar-refractivity contribution in [3.8, 4) is 0 Å².